The van der Waals surface area contributed by atoms with Gasteiger partial charge in [-0.05, 0) is 25.3 Å². The molecule has 0 aromatic heterocycles. The van der Waals surface area contributed by atoms with E-state index in [0.717, 1.165) is 6.42 Å². The van der Waals surface area contributed by atoms with Crippen molar-refractivity contribution in [2.45, 2.75) is 26.2 Å². The SMILES string of the molecule is CC(=O)CC(CCc1ccccc1)C(=O)c1ccccc1. The fraction of sp³-hybridized carbons (Fsp3) is 0.263. The fourth-order valence-corrected chi connectivity index (χ4v) is 2.50. The predicted molar refractivity (Wildman–Crippen MR) is 84.3 cm³/mol. The van der Waals surface area contributed by atoms with Gasteiger partial charge in [-0.15, -0.1) is 0 Å². The first kappa shape index (κ1) is 15.2. The molecule has 0 aliphatic carbocycles. The third kappa shape index (κ3) is 4.67. The van der Waals surface area contributed by atoms with E-state index >= 15 is 0 Å². The van der Waals surface area contributed by atoms with Crippen LogP contribution in [0.15, 0.2) is 60.7 Å². The number of rotatable bonds is 7. The summed E-state index contributed by atoms with van der Waals surface area (Å²) in [7, 11) is 0. The third-order valence-electron chi connectivity index (χ3n) is 3.59. The molecule has 0 amide bonds. The van der Waals surface area contributed by atoms with Crippen LogP contribution < -0.4 is 0 Å². The number of hydrogen-bond acceptors (Lipinski definition) is 2. The molecule has 2 rings (SSSR count). The molecule has 0 radical (unpaired) electrons. The molecule has 2 nitrogen and oxygen atoms in total. The van der Waals surface area contributed by atoms with E-state index in [0.29, 0.717) is 18.4 Å². The molecule has 1 unspecified atom stereocenters. The van der Waals surface area contributed by atoms with Crippen LogP contribution in [0.25, 0.3) is 0 Å². The Labute approximate surface area is 125 Å². The van der Waals surface area contributed by atoms with E-state index in [9.17, 15) is 9.59 Å². The van der Waals surface area contributed by atoms with Crippen LogP contribution >= 0.6 is 0 Å². The van der Waals surface area contributed by atoms with Gasteiger partial charge in [-0.3, -0.25) is 4.79 Å². The highest BCUT2D eigenvalue weighted by atomic mass is 16.1. The molecule has 108 valence electrons. The summed E-state index contributed by atoms with van der Waals surface area (Å²) in [5, 5.41) is 0. The fourth-order valence-electron chi connectivity index (χ4n) is 2.50. The lowest BCUT2D eigenvalue weighted by molar-refractivity contribution is -0.117. The molecule has 2 aromatic carbocycles. The van der Waals surface area contributed by atoms with Gasteiger partial charge in [-0.25, -0.2) is 0 Å². The summed E-state index contributed by atoms with van der Waals surface area (Å²) < 4.78 is 0. The van der Waals surface area contributed by atoms with Crippen molar-refractivity contribution in [3.05, 3.63) is 71.8 Å². The maximum absolute atomic E-state index is 12.5. The van der Waals surface area contributed by atoms with Crippen LogP contribution in [0.5, 0.6) is 0 Å². The Hall–Kier alpha value is -2.22. The molecule has 0 fully saturated rings. The lowest BCUT2D eigenvalue weighted by Gasteiger charge is -2.14. The highest BCUT2D eigenvalue weighted by molar-refractivity contribution is 5.99. The molecule has 0 N–H and O–H groups in total. The summed E-state index contributed by atoms with van der Waals surface area (Å²) in [6.45, 7) is 1.55. The quantitative estimate of drug-likeness (QED) is 0.716. The first-order valence-corrected chi connectivity index (χ1v) is 7.29. The predicted octanol–water partition coefficient (Wildman–Crippen LogP) is 4.10. The van der Waals surface area contributed by atoms with E-state index in [1.165, 1.54) is 5.56 Å². The van der Waals surface area contributed by atoms with Crippen LogP contribution in [0.4, 0.5) is 0 Å². The van der Waals surface area contributed by atoms with Crippen molar-refractivity contribution < 1.29 is 9.59 Å². The lowest BCUT2D eigenvalue weighted by atomic mass is 9.88. The molecule has 0 aliphatic heterocycles. The molecule has 0 heterocycles. The molecule has 0 bridgehead atoms. The van der Waals surface area contributed by atoms with Crippen LogP contribution in [-0.2, 0) is 11.2 Å². The second kappa shape index (κ2) is 7.53. The van der Waals surface area contributed by atoms with Crippen molar-refractivity contribution in [2.24, 2.45) is 5.92 Å². The van der Waals surface area contributed by atoms with Gasteiger partial charge in [0.25, 0.3) is 0 Å². The van der Waals surface area contributed by atoms with Gasteiger partial charge in [0.15, 0.2) is 5.78 Å². The normalized spacial score (nSPS) is 11.9. The number of benzene rings is 2. The summed E-state index contributed by atoms with van der Waals surface area (Å²) in [5.41, 5.74) is 1.89. The van der Waals surface area contributed by atoms with E-state index in [-0.39, 0.29) is 17.5 Å². The standard InChI is InChI=1S/C19H20O2/c1-15(20)14-18(13-12-16-8-4-2-5-9-16)19(21)17-10-6-3-7-11-17/h2-11,18H,12-14H2,1H3. The second-order valence-corrected chi connectivity index (χ2v) is 5.36. The summed E-state index contributed by atoms with van der Waals surface area (Å²) in [4.78, 5) is 24.0. The molecule has 21 heavy (non-hydrogen) atoms. The Kier molecular flexibility index (Phi) is 5.44. The first-order chi connectivity index (χ1) is 10.2. The average Bonchev–Trinajstić information content (AvgIpc) is 2.52. The van der Waals surface area contributed by atoms with Crippen molar-refractivity contribution in [3.63, 3.8) is 0 Å². The Morgan fingerprint density at radius 2 is 1.48 bits per heavy atom. The Bertz CT molecular complexity index is 587. The highest BCUT2D eigenvalue weighted by Crippen LogP contribution is 2.19. The van der Waals surface area contributed by atoms with Gasteiger partial charge in [0, 0.05) is 17.9 Å². The van der Waals surface area contributed by atoms with Crippen molar-refractivity contribution in [3.8, 4) is 0 Å². The van der Waals surface area contributed by atoms with Crippen LogP contribution in [0, 0.1) is 5.92 Å². The van der Waals surface area contributed by atoms with Crippen LogP contribution in [0.1, 0.15) is 35.7 Å². The molecule has 2 aromatic rings. The van der Waals surface area contributed by atoms with Crippen LogP contribution in [0.3, 0.4) is 0 Å². The number of ketones is 2. The van der Waals surface area contributed by atoms with Gasteiger partial charge in [0.05, 0.1) is 0 Å². The van der Waals surface area contributed by atoms with Gasteiger partial charge >= 0.3 is 0 Å². The zero-order valence-electron chi connectivity index (χ0n) is 12.3. The van der Waals surface area contributed by atoms with Crippen molar-refractivity contribution in [1.29, 1.82) is 0 Å². The molecule has 0 spiro atoms. The highest BCUT2D eigenvalue weighted by Gasteiger charge is 2.21. The summed E-state index contributed by atoms with van der Waals surface area (Å²) >= 11 is 0. The number of carbonyl (C=O) groups excluding carboxylic acids is 2. The summed E-state index contributed by atoms with van der Waals surface area (Å²) in [5.74, 6) is -0.0934. The molecular formula is C19H20O2. The minimum Gasteiger partial charge on any atom is -0.300 e. The van der Waals surface area contributed by atoms with Gasteiger partial charge in [0.1, 0.15) is 5.78 Å². The smallest absolute Gasteiger partial charge is 0.166 e. The van der Waals surface area contributed by atoms with E-state index in [1.807, 2.05) is 48.5 Å². The Balaban J connectivity index is 2.07. The first-order valence-electron chi connectivity index (χ1n) is 7.29. The third-order valence-corrected chi connectivity index (χ3v) is 3.59. The maximum Gasteiger partial charge on any atom is 0.166 e. The monoisotopic (exact) mass is 280 g/mol. The molecule has 0 saturated heterocycles. The van der Waals surface area contributed by atoms with Gasteiger partial charge in [0.2, 0.25) is 0 Å². The largest absolute Gasteiger partial charge is 0.300 e. The Morgan fingerprint density at radius 3 is 2.05 bits per heavy atom. The van der Waals surface area contributed by atoms with Crippen molar-refractivity contribution >= 4 is 11.6 Å². The van der Waals surface area contributed by atoms with Gasteiger partial charge in [-0.2, -0.15) is 0 Å². The van der Waals surface area contributed by atoms with E-state index in [1.54, 1.807) is 6.92 Å². The van der Waals surface area contributed by atoms with Gasteiger partial charge < -0.3 is 4.79 Å². The van der Waals surface area contributed by atoms with Gasteiger partial charge in [-0.1, -0.05) is 60.7 Å². The topological polar surface area (TPSA) is 34.1 Å². The Morgan fingerprint density at radius 1 is 0.905 bits per heavy atom. The zero-order chi connectivity index (χ0) is 15.1. The maximum atomic E-state index is 12.5. The number of aryl methyl sites for hydroxylation is 1. The minimum absolute atomic E-state index is 0.0670. The molecular weight excluding hydrogens is 260 g/mol. The summed E-state index contributed by atoms with van der Waals surface area (Å²) in [6.07, 6.45) is 1.84. The zero-order valence-corrected chi connectivity index (χ0v) is 12.3. The van der Waals surface area contributed by atoms with Crippen LogP contribution in [0.2, 0.25) is 0 Å². The van der Waals surface area contributed by atoms with Crippen molar-refractivity contribution in [2.75, 3.05) is 0 Å². The average molecular weight is 280 g/mol. The van der Waals surface area contributed by atoms with Crippen molar-refractivity contribution in [1.82, 2.24) is 0 Å². The molecule has 1 atom stereocenters. The van der Waals surface area contributed by atoms with E-state index in [2.05, 4.69) is 12.1 Å². The molecule has 0 aliphatic rings. The number of hydrogen-bond donors (Lipinski definition) is 0. The number of Topliss-reactive ketones (excluding diaryl/α,β-unsaturated/α-hetero) is 2. The lowest BCUT2D eigenvalue weighted by Crippen LogP contribution is -2.18. The molecule has 2 heteroatoms. The molecule has 0 saturated carbocycles. The minimum atomic E-state index is -0.231. The van der Waals surface area contributed by atoms with E-state index in [4.69, 9.17) is 0 Å². The number of carbonyl (C=O) groups is 2. The summed E-state index contributed by atoms with van der Waals surface area (Å²) in [6, 6.07) is 19.3. The van der Waals surface area contributed by atoms with E-state index < -0.39 is 0 Å². The van der Waals surface area contributed by atoms with Crippen LogP contribution in [-0.4, -0.2) is 11.6 Å². The second-order valence-electron chi connectivity index (χ2n) is 5.36.